The number of carbonyl (C=O) groups excluding carboxylic acids is 1. The highest BCUT2D eigenvalue weighted by Crippen LogP contribution is 2.11. The fourth-order valence-corrected chi connectivity index (χ4v) is 2.10. The smallest absolute Gasteiger partial charge is 0.241 e. The molecule has 1 aliphatic rings. The molecule has 9 heteroatoms. The number of amides is 1. The maximum absolute atomic E-state index is 12.0. The molecule has 1 aliphatic heterocycles. The fraction of sp³-hybridized carbons (Fsp3) is 0.583. The highest BCUT2D eigenvalue weighted by Gasteiger charge is 2.25. The number of nitrogens with zero attached hydrogens (tertiary/aromatic N) is 4. The highest BCUT2D eigenvalue weighted by atomic mass is 35.5. The van der Waals surface area contributed by atoms with E-state index in [0.29, 0.717) is 13.1 Å². The van der Waals surface area contributed by atoms with E-state index in [1.165, 1.54) is 0 Å². The highest BCUT2D eigenvalue weighted by molar-refractivity contribution is 5.85. The summed E-state index contributed by atoms with van der Waals surface area (Å²) in [4.78, 5) is 24.2. The third-order valence-electron chi connectivity index (χ3n) is 3.13. The van der Waals surface area contributed by atoms with Crippen molar-refractivity contribution in [3.63, 3.8) is 0 Å². The Bertz CT molecular complexity index is 415. The number of anilines is 1. The van der Waals surface area contributed by atoms with Gasteiger partial charge in [0.1, 0.15) is 11.9 Å². The second-order valence-electron chi connectivity index (χ2n) is 4.44. The van der Waals surface area contributed by atoms with Gasteiger partial charge in [0.15, 0.2) is 0 Å². The summed E-state index contributed by atoms with van der Waals surface area (Å²) >= 11 is 0. The van der Waals surface area contributed by atoms with Crippen molar-refractivity contribution in [1.82, 2.24) is 14.9 Å². The summed E-state index contributed by atoms with van der Waals surface area (Å²) in [6.07, 6.45) is 5.04. The number of hydrogen-bond donors (Lipinski definition) is 1. The van der Waals surface area contributed by atoms with E-state index in [4.69, 9.17) is 10.5 Å². The van der Waals surface area contributed by atoms with Crippen molar-refractivity contribution in [1.29, 1.82) is 0 Å². The number of methoxy groups -OCH3 is 1. The third kappa shape index (κ3) is 5.28. The van der Waals surface area contributed by atoms with E-state index < -0.39 is 6.04 Å². The van der Waals surface area contributed by atoms with Crippen LogP contribution < -0.4 is 10.6 Å². The molecule has 120 valence electrons. The van der Waals surface area contributed by atoms with Crippen molar-refractivity contribution < 1.29 is 9.53 Å². The molecular formula is C12H21Cl2N5O2. The molecule has 1 unspecified atom stereocenters. The average Bonchev–Trinajstić information content (AvgIpc) is 2.48. The van der Waals surface area contributed by atoms with Crippen molar-refractivity contribution in [2.75, 3.05) is 44.8 Å². The van der Waals surface area contributed by atoms with Gasteiger partial charge in [-0.15, -0.1) is 24.8 Å². The van der Waals surface area contributed by atoms with Crippen LogP contribution in [0.15, 0.2) is 18.6 Å². The molecular weight excluding hydrogens is 317 g/mol. The molecule has 0 radical (unpaired) electrons. The van der Waals surface area contributed by atoms with Crippen LogP contribution in [-0.2, 0) is 9.53 Å². The molecule has 1 atom stereocenters. The Balaban J connectivity index is 0.00000200. The van der Waals surface area contributed by atoms with Crippen LogP contribution in [0.4, 0.5) is 5.82 Å². The first-order valence-corrected chi connectivity index (χ1v) is 6.26. The fourth-order valence-electron chi connectivity index (χ4n) is 2.10. The van der Waals surface area contributed by atoms with Gasteiger partial charge < -0.3 is 20.3 Å². The standard InChI is InChI=1S/C12H19N5O2.2ClH/c1-19-9-10(13)12(18)17-6-4-16(5-7-17)11-8-14-2-3-15-11;;/h2-3,8,10H,4-7,9,13H2,1H3;2*1H. The quantitative estimate of drug-likeness (QED) is 0.828. The van der Waals surface area contributed by atoms with Gasteiger partial charge in [0.25, 0.3) is 0 Å². The zero-order valence-corrected chi connectivity index (χ0v) is 13.5. The van der Waals surface area contributed by atoms with E-state index in [-0.39, 0.29) is 37.3 Å². The Morgan fingerprint density at radius 1 is 1.33 bits per heavy atom. The first-order valence-electron chi connectivity index (χ1n) is 6.26. The van der Waals surface area contributed by atoms with Crippen LogP contribution in [0.25, 0.3) is 0 Å². The number of nitrogens with two attached hydrogens (primary N) is 1. The van der Waals surface area contributed by atoms with Gasteiger partial charge >= 0.3 is 0 Å². The molecule has 21 heavy (non-hydrogen) atoms. The van der Waals surface area contributed by atoms with Crippen molar-refractivity contribution >= 4 is 36.5 Å². The number of hydrogen-bond acceptors (Lipinski definition) is 6. The van der Waals surface area contributed by atoms with Crippen LogP contribution >= 0.6 is 24.8 Å². The van der Waals surface area contributed by atoms with Crippen LogP contribution in [0.3, 0.4) is 0 Å². The van der Waals surface area contributed by atoms with Crippen molar-refractivity contribution in [2.45, 2.75) is 6.04 Å². The Labute approximate surface area is 136 Å². The zero-order valence-electron chi connectivity index (χ0n) is 11.8. The maximum atomic E-state index is 12.0. The van der Waals surface area contributed by atoms with Crippen molar-refractivity contribution in [2.24, 2.45) is 5.73 Å². The topological polar surface area (TPSA) is 84.6 Å². The molecule has 1 aromatic heterocycles. The van der Waals surface area contributed by atoms with Crippen molar-refractivity contribution in [3.8, 4) is 0 Å². The van der Waals surface area contributed by atoms with E-state index in [9.17, 15) is 4.79 Å². The molecule has 0 aliphatic carbocycles. The molecule has 0 spiro atoms. The Hall–Kier alpha value is -1.15. The van der Waals surface area contributed by atoms with E-state index in [1.54, 1.807) is 30.6 Å². The van der Waals surface area contributed by atoms with E-state index in [2.05, 4.69) is 14.9 Å². The summed E-state index contributed by atoms with van der Waals surface area (Å²) in [6.45, 7) is 3.02. The SMILES string of the molecule is COCC(N)C(=O)N1CCN(c2cnccn2)CC1.Cl.Cl. The molecule has 1 amide bonds. The number of ether oxygens (including phenoxy) is 1. The van der Waals surface area contributed by atoms with Crippen molar-refractivity contribution in [3.05, 3.63) is 18.6 Å². The molecule has 7 nitrogen and oxygen atoms in total. The number of aromatic nitrogens is 2. The predicted octanol–water partition coefficient (Wildman–Crippen LogP) is -0.0575. The first-order chi connectivity index (χ1) is 9.22. The summed E-state index contributed by atoms with van der Waals surface area (Å²) in [7, 11) is 1.54. The summed E-state index contributed by atoms with van der Waals surface area (Å²) < 4.78 is 4.90. The zero-order chi connectivity index (χ0) is 13.7. The minimum atomic E-state index is -0.576. The predicted molar refractivity (Wildman–Crippen MR) is 85.2 cm³/mol. The summed E-state index contributed by atoms with van der Waals surface area (Å²) in [5, 5.41) is 0. The number of carbonyl (C=O) groups is 1. The van der Waals surface area contributed by atoms with Gasteiger partial charge in [-0.2, -0.15) is 0 Å². The van der Waals surface area contributed by atoms with Crippen LogP contribution in [0.5, 0.6) is 0 Å². The maximum Gasteiger partial charge on any atom is 0.241 e. The first kappa shape index (κ1) is 19.9. The molecule has 0 saturated carbocycles. The summed E-state index contributed by atoms with van der Waals surface area (Å²) in [6, 6.07) is -0.576. The molecule has 2 N–H and O–H groups in total. The van der Waals surface area contributed by atoms with E-state index in [1.807, 2.05) is 0 Å². The average molecular weight is 338 g/mol. The van der Waals surface area contributed by atoms with Gasteiger partial charge in [-0.1, -0.05) is 0 Å². The Morgan fingerprint density at radius 3 is 2.52 bits per heavy atom. The molecule has 1 saturated heterocycles. The number of piperazine rings is 1. The minimum Gasteiger partial charge on any atom is -0.383 e. The van der Waals surface area contributed by atoms with Gasteiger partial charge in [-0.3, -0.25) is 9.78 Å². The lowest BCUT2D eigenvalue weighted by molar-refractivity contribution is -0.134. The second-order valence-corrected chi connectivity index (χ2v) is 4.44. The Morgan fingerprint density at radius 2 is 2.00 bits per heavy atom. The van der Waals surface area contributed by atoms with Gasteiger partial charge in [0.2, 0.25) is 5.91 Å². The van der Waals surface area contributed by atoms with Gasteiger partial charge in [0.05, 0.1) is 12.8 Å². The largest absolute Gasteiger partial charge is 0.383 e. The van der Waals surface area contributed by atoms with E-state index in [0.717, 1.165) is 18.9 Å². The molecule has 2 rings (SSSR count). The van der Waals surface area contributed by atoms with Crippen LogP contribution in [0.1, 0.15) is 0 Å². The van der Waals surface area contributed by atoms with Gasteiger partial charge in [-0.25, -0.2) is 4.98 Å². The lowest BCUT2D eigenvalue weighted by atomic mass is 10.2. The lowest BCUT2D eigenvalue weighted by Gasteiger charge is -2.36. The molecule has 2 heterocycles. The monoisotopic (exact) mass is 337 g/mol. The Kier molecular flexibility index (Phi) is 9.19. The normalized spacial score (nSPS) is 15.7. The lowest BCUT2D eigenvalue weighted by Crippen LogP contribution is -2.54. The molecule has 1 aromatic rings. The molecule has 0 aromatic carbocycles. The summed E-state index contributed by atoms with van der Waals surface area (Å²) in [5.41, 5.74) is 5.75. The molecule has 0 bridgehead atoms. The van der Waals surface area contributed by atoms with Crippen LogP contribution in [-0.4, -0.2) is 66.7 Å². The molecule has 1 fully saturated rings. The third-order valence-corrected chi connectivity index (χ3v) is 3.13. The second kappa shape index (κ2) is 9.73. The van der Waals surface area contributed by atoms with Gasteiger partial charge in [0, 0.05) is 45.7 Å². The minimum absolute atomic E-state index is 0. The van der Waals surface area contributed by atoms with Crippen LogP contribution in [0.2, 0.25) is 0 Å². The van der Waals surface area contributed by atoms with E-state index >= 15 is 0 Å². The van der Waals surface area contributed by atoms with Gasteiger partial charge in [-0.05, 0) is 0 Å². The summed E-state index contributed by atoms with van der Waals surface area (Å²) in [5.74, 6) is 0.788. The number of rotatable bonds is 4. The van der Waals surface area contributed by atoms with Crippen LogP contribution in [0, 0.1) is 0 Å². The number of halogens is 2.